The average Bonchev–Trinajstić information content (AvgIpc) is 2.27. The van der Waals surface area contributed by atoms with Crippen molar-refractivity contribution < 1.29 is 5.11 Å². The summed E-state index contributed by atoms with van der Waals surface area (Å²) in [5.41, 5.74) is 1.26. The summed E-state index contributed by atoms with van der Waals surface area (Å²) in [6.45, 7) is 4.59. The highest BCUT2D eigenvalue weighted by Gasteiger charge is 1.97. The lowest BCUT2D eigenvalue weighted by Crippen LogP contribution is -1.88. The molecule has 0 unspecified atom stereocenters. The molecule has 0 amide bonds. The molecule has 1 N–H and O–H groups in total. The van der Waals surface area contributed by atoms with Crippen LogP contribution in [0.1, 0.15) is 57.9 Å². The number of rotatable bonds is 8. The molecule has 0 spiro atoms. The third-order valence-corrected chi connectivity index (χ3v) is 3.16. The van der Waals surface area contributed by atoms with Crippen LogP contribution in [0.25, 0.3) is 0 Å². The minimum atomic E-state index is 0.388. The Morgan fingerprint density at radius 3 is 2.41 bits per heavy atom. The van der Waals surface area contributed by atoms with Crippen molar-refractivity contribution in [2.45, 2.75) is 58.8 Å². The molecular formula is C16H26O. The molecule has 0 aliphatic heterocycles. The first-order chi connectivity index (χ1) is 8.18. The quantitative estimate of drug-likeness (QED) is 0.632. The molecular weight excluding hydrogens is 208 g/mol. The van der Waals surface area contributed by atoms with E-state index in [1.807, 2.05) is 12.1 Å². The monoisotopic (exact) mass is 234 g/mol. The number of aryl methyl sites for hydroxylation is 1. The highest BCUT2D eigenvalue weighted by molar-refractivity contribution is 5.27. The first-order valence-electron chi connectivity index (χ1n) is 6.96. The maximum atomic E-state index is 9.34. The fraction of sp³-hybridized carbons (Fsp3) is 0.625. The van der Waals surface area contributed by atoms with Crippen LogP contribution in [0.15, 0.2) is 24.3 Å². The largest absolute Gasteiger partial charge is 0.508 e. The van der Waals surface area contributed by atoms with E-state index in [4.69, 9.17) is 0 Å². The van der Waals surface area contributed by atoms with Crippen molar-refractivity contribution in [2.75, 3.05) is 0 Å². The van der Waals surface area contributed by atoms with Crippen LogP contribution in [0, 0.1) is 5.92 Å². The van der Waals surface area contributed by atoms with Gasteiger partial charge in [-0.1, -0.05) is 58.1 Å². The van der Waals surface area contributed by atoms with Crippen molar-refractivity contribution in [2.24, 2.45) is 5.92 Å². The normalized spacial score (nSPS) is 11.0. The summed E-state index contributed by atoms with van der Waals surface area (Å²) in [6.07, 6.45) is 9.12. The topological polar surface area (TPSA) is 20.2 Å². The maximum absolute atomic E-state index is 9.34. The number of unbranched alkanes of at least 4 members (excludes halogenated alkanes) is 4. The lowest BCUT2D eigenvalue weighted by Gasteiger charge is -2.05. The summed E-state index contributed by atoms with van der Waals surface area (Å²) in [6, 6.07) is 7.62. The summed E-state index contributed by atoms with van der Waals surface area (Å²) in [4.78, 5) is 0. The summed E-state index contributed by atoms with van der Waals surface area (Å²) in [5, 5.41) is 9.34. The Labute approximate surface area is 106 Å². The van der Waals surface area contributed by atoms with Gasteiger partial charge in [-0.15, -0.1) is 0 Å². The third kappa shape index (κ3) is 7.04. The Morgan fingerprint density at radius 2 is 1.71 bits per heavy atom. The molecule has 0 bridgehead atoms. The molecule has 1 rings (SSSR count). The van der Waals surface area contributed by atoms with Gasteiger partial charge in [0.25, 0.3) is 0 Å². The van der Waals surface area contributed by atoms with Crippen molar-refractivity contribution in [1.82, 2.24) is 0 Å². The smallest absolute Gasteiger partial charge is 0.115 e. The van der Waals surface area contributed by atoms with Gasteiger partial charge in [0.05, 0.1) is 0 Å². The van der Waals surface area contributed by atoms with E-state index in [0.717, 1.165) is 12.3 Å². The molecule has 17 heavy (non-hydrogen) atoms. The summed E-state index contributed by atoms with van der Waals surface area (Å²) >= 11 is 0. The second-order valence-electron chi connectivity index (χ2n) is 5.37. The Hall–Kier alpha value is -0.980. The minimum Gasteiger partial charge on any atom is -0.508 e. The van der Waals surface area contributed by atoms with E-state index < -0.39 is 0 Å². The third-order valence-electron chi connectivity index (χ3n) is 3.16. The molecule has 0 fully saturated rings. The molecule has 0 heterocycles. The van der Waals surface area contributed by atoms with Crippen LogP contribution in [-0.2, 0) is 6.42 Å². The molecule has 0 aromatic heterocycles. The molecule has 0 saturated heterocycles. The second-order valence-corrected chi connectivity index (χ2v) is 5.37. The first kappa shape index (κ1) is 14.1. The minimum absolute atomic E-state index is 0.388. The van der Waals surface area contributed by atoms with Crippen LogP contribution in [0.2, 0.25) is 0 Å². The fourth-order valence-electron chi connectivity index (χ4n) is 2.12. The standard InChI is InChI=1S/C16H26O/c1-14(2)9-6-4-3-5-7-10-15-11-8-12-16(17)13-15/h8,11-14,17H,3-7,9-10H2,1-2H3. The van der Waals surface area contributed by atoms with E-state index in [1.54, 1.807) is 6.07 Å². The van der Waals surface area contributed by atoms with Crippen molar-refractivity contribution in [3.8, 4) is 5.75 Å². The van der Waals surface area contributed by atoms with Gasteiger partial charge in [0.15, 0.2) is 0 Å². The van der Waals surface area contributed by atoms with Crippen molar-refractivity contribution in [3.05, 3.63) is 29.8 Å². The Balaban J connectivity index is 2.01. The van der Waals surface area contributed by atoms with Crippen LogP contribution in [0.5, 0.6) is 5.75 Å². The molecule has 0 aliphatic rings. The van der Waals surface area contributed by atoms with Crippen molar-refractivity contribution in [3.63, 3.8) is 0 Å². The van der Waals surface area contributed by atoms with Gasteiger partial charge in [0, 0.05) is 0 Å². The molecule has 0 atom stereocenters. The summed E-state index contributed by atoms with van der Waals surface area (Å²) in [7, 11) is 0. The average molecular weight is 234 g/mol. The molecule has 0 aliphatic carbocycles. The molecule has 0 saturated carbocycles. The van der Waals surface area contributed by atoms with Gasteiger partial charge in [-0.25, -0.2) is 0 Å². The van der Waals surface area contributed by atoms with Gasteiger partial charge in [-0.05, 0) is 36.5 Å². The lowest BCUT2D eigenvalue weighted by atomic mass is 10.0. The maximum Gasteiger partial charge on any atom is 0.115 e. The van der Waals surface area contributed by atoms with E-state index in [9.17, 15) is 5.11 Å². The SMILES string of the molecule is CC(C)CCCCCCCc1cccc(O)c1. The Morgan fingerprint density at radius 1 is 1.00 bits per heavy atom. The fourth-order valence-corrected chi connectivity index (χ4v) is 2.12. The van der Waals surface area contributed by atoms with Gasteiger partial charge in [0.1, 0.15) is 5.75 Å². The van der Waals surface area contributed by atoms with Crippen LogP contribution >= 0.6 is 0 Å². The number of phenols is 1. The number of aromatic hydroxyl groups is 1. The predicted molar refractivity (Wildman–Crippen MR) is 74.4 cm³/mol. The van der Waals surface area contributed by atoms with E-state index >= 15 is 0 Å². The Kier molecular flexibility index (Phi) is 6.76. The van der Waals surface area contributed by atoms with Crippen LogP contribution < -0.4 is 0 Å². The van der Waals surface area contributed by atoms with Crippen LogP contribution in [0.3, 0.4) is 0 Å². The predicted octanol–water partition coefficient (Wildman–Crippen LogP) is 4.93. The Bertz CT molecular complexity index is 304. The van der Waals surface area contributed by atoms with Crippen LogP contribution in [-0.4, -0.2) is 5.11 Å². The van der Waals surface area contributed by atoms with Gasteiger partial charge in [-0.2, -0.15) is 0 Å². The van der Waals surface area contributed by atoms with Gasteiger partial charge in [0.2, 0.25) is 0 Å². The molecule has 0 radical (unpaired) electrons. The number of hydrogen-bond donors (Lipinski definition) is 1. The highest BCUT2D eigenvalue weighted by Crippen LogP contribution is 2.15. The zero-order chi connectivity index (χ0) is 12.5. The molecule has 1 heteroatoms. The van der Waals surface area contributed by atoms with E-state index in [2.05, 4.69) is 19.9 Å². The van der Waals surface area contributed by atoms with Gasteiger partial charge in [-0.3, -0.25) is 0 Å². The molecule has 96 valence electrons. The van der Waals surface area contributed by atoms with Gasteiger partial charge >= 0.3 is 0 Å². The van der Waals surface area contributed by atoms with E-state index in [1.165, 1.54) is 44.1 Å². The summed E-state index contributed by atoms with van der Waals surface area (Å²) in [5.74, 6) is 1.24. The van der Waals surface area contributed by atoms with E-state index in [-0.39, 0.29) is 0 Å². The van der Waals surface area contributed by atoms with Crippen molar-refractivity contribution >= 4 is 0 Å². The summed E-state index contributed by atoms with van der Waals surface area (Å²) < 4.78 is 0. The lowest BCUT2D eigenvalue weighted by molar-refractivity contribution is 0.474. The molecule has 1 aromatic rings. The molecule has 1 nitrogen and oxygen atoms in total. The number of phenolic OH excluding ortho intramolecular Hbond substituents is 1. The number of hydrogen-bond acceptors (Lipinski definition) is 1. The van der Waals surface area contributed by atoms with Crippen LogP contribution in [0.4, 0.5) is 0 Å². The highest BCUT2D eigenvalue weighted by atomic mass is 16.3. The van der Waals surface area contributed by atoms with Crippen molar-refractivity contribution in [1.29, 1.82) is 0 Å². The molecule has 1 aromatic carbocycles. The zero-order valence-corrected chi connectivity index (χ0v) is 11.3. The van der Waals surface area contributed by atoms with Gasteiger partial charge < -0.3 is 5.11 Å². The van der Waals surface area contributed by atoms with E-state index in [0.29, 0.717) is 5.75 Å². The second kappa shape index (κ2) is 8.16. The number of benzene rings is 1. The zero-order valence-electron chi connectivity index (χ0n) is 11.3. The first-order valence-corrected chi connectivity index (χ1v) is 6.96.